The molecule has 0 spiro atoms. The summed E-state index contributed by atoms with van der Waals surface area (Å²) >= 11 is 0. The Kier molecular flexibility index (Phi) is 5.81. The highest BCUT2D eigenvalue weighted by Crippen LogP contribution is 2.32. The molecule has 1 aliphatic rings. The monoisotopic (exact) mass is 426 g/mol. The van der Waals surface area contributed by atoms with Crippen molar-refractivity contribution in [3.05, 3.63) is 78.8 Å². The number of aromatic nitrogens is 4. The number of benzene rings is 2. The molecule has 7 nitrogen and oxygen atoms in total. The van der Waals surface area contributed by atoms with Crippen LogP contribution in [-0.2, 0) is 0 Å². The first kappa shape index (κ1) is 20.2. The van der Waals surface area contributed by atoms with Crippen LogP contribution in [0.2, 0.25) is 0 Å². The van der Waals surface area contributed by atoms with E-state index in [1.54, 1.807) is 13.4 Å². The third-order valence-electron chi connectivity index (χ3n) is 5.83. The Balaban J connectivity index is 1.34. The average Bonchev–Trinajstić information content (AvgIpc) is 3.34. The number of anilines is 1. The zero-order chi connectivity index (χ0) is 21.8. The molecule has 0 amide bonds. The van der Waals surface area contributed by atoms with Crippen molar-refractivity contribution in [1.82, 2.24) is 24.5 Å². The number of nitrogens with zero attached hydrogens (tertiary/aromatic N) is 6. The van der Waals surface area contributed by atoms with Crippen LogP contribution in [-0.4, -0.2) is 64.3 Å². The van der Waals surface area contributed by atoms with E-state index in [-0.39, 0.29) is 0 Å². The van der Waals surface area contributed by atoms with Crippen LogP contribution in [0, 0.1) is 0 Å². The van der Waals surface area contributed by atoms with E-state index in [0.717, 1.165) is 55.4 Å². The summed E-state index contributed by atoms with van der Waals surface area (Å²) in [5.74, 6) is 2.49. The van der Waals surface area contributed by atoms with E-state index in [2.05, 4.69) is 73.4 Å². The molecule has 0 bridgehead atoms. The zero-order valence-corrected chi connectivity index (χ0v) is 18.1. The van der Waals surface area contributed by atoms with Crippen LogP contribution in [0.5, 0.6) is 5.75 Å². The molecular weight excluding hydrogens is 400 g/mol. The number of hydrogen-bond donors (Lipinski definition) is 0. The lowest BCUT2D eigenvalue weighted by Gasteiger charge is -2.36. The molecule has 7 heteroatoms. The Bertz CT molecular complexity index is 1190. The fraction of sp³-hybridized carbons (Fsp3) is 0.240. The summed E-state index contributed by atoms with van der Waals surface area (Å²) in [6.45, 7) is 4.76. The normalized spacial score (nSPS) is 15.0. The summed E-state index contributed by atoms with van der Waals surface area (Å²) in [6.07, 6.45) is 7.90. The predicted molar refractivity (Wildman–Crippen MR) is 127 cm³/mol. The number of piperazine rings is 1. The molecule has 0 unspecified atom stereocenters. The van der Waals surface area contributed by atoms with Crippen LogP contribution in [0.15, 0.2) is 73.2 Å². The summed E-state index contributed by atoms with van der Waals surface area (Å²) in [5.41, 5.74) is 3.36. The minimum absolute atomic E-state index is 0.616. The first-order valence-electron chi connectivity index (χ1n) is 10.8. The molecule has 5 rings (SSSR count). The highest BCUT2D eigenvalue weighted by Gasteiger charge is 2.23. The third-order valence-corrected chi connectivity index (χ3v) is 5.83. The summed E-state index contributed by atoms with van der Waals surface area (Å²) in [4.78, 5) is 13.7. The first-order valence-corrected chi connectivity index (χ1v) is 10.8. The van der Waals surface area contributed by atoms with Crippen LogP contribution >= 0.6 is 0 Å². The lowest BCUT2D eigenvalue weighted by molar-refractivity contribution is 0.283. The maximum Gasteiger partial charge on any atom is 0.254 e. The van der Waals surface area contributed by atoms with E-state index in [1.807, 2.05) is 28.9 Å². The minimum Gasteiger partial charge on any atom is -0.497 e. The number of ether oxygens (including phenoxy) is 1. The van der Waals surface area contributed by atoms with Gasteiger partial charge in [-0.15, -0.1) is 0 Å². The number of methoxy groups -OCH3 is 1. The van der Waals surface area contributed by atoms with Gasteiger partial charge in [-0.1, -0.05) is 54.6 Å². The molecule has 1 aliphatic heterocycles. The second-order valence-electron chi connectivity index (χ2n) is 7.80. The minimum atomic E-state index is 0.616. The van der Waals surface area contributed by atoms with E-state index >= 15 is 0 Å². The van der Waals surface area contributed by atoms with E-state index < -0.39 is 0 Å². The Morgan fingerprint density at radius 3 is 2.47 bits per heavy atom. The molecule has 0 N–H and O–H groups in total. The van der Waals surface area contributed by atoms with Crippen molar-refractivity contribution < 1.29 is 4.74 Å². The molecule has 2 aromatic heterocycles. The van der Waals surface area contributed by atoms with Gasteiger partial charge in [0.05, 0.1) is 7.11 Å². The maximum atomic E-state index is 5.32. The number of fused-ring (bicyclic) bond motifs is 1. The fourth-order valence-corrected chi connectivity index (χ4v) is 4.09. The molecule has 1 saturated heterocycles. The van der Waals surface area contributed by atoms with Gasteiger partial charge in [0.25, 0.3) is 5.78 Å². The Morgan fingerprint density at radius 1 is 0.938 bits per heavy atom. The number of rotatable bonds is 6. The van der Waals surface area contributed by atoms with Gasteiger partial charge in [-0.25, -0.2) is 4.98 Å². The number of hydrogen-bond acceptors (Lipinski definition) is 6. The van der Waals surface area contributed by atoms with E-state index in [1.165, 1.54) is 5.56 Å². The van der Waals surface area contributed by atoms with Gasteiger partial charge in [-0.05, 0) is 23.3 Å². The van der Waals surface area contributed by atoms with Gasteiger partial charge in [-0.3, -0.25) is 4.90 Å². The molecule has 4 aromatic rings. The highest BCUT2D eigenvalue weighted by molar-refractivity contribution is 5.77. The summed E-state index contributed by atoms with van der Waals surface area (Å²) < 4.78 is 7.17. The summed E-state index contributed by atoms with van der Waals surface area (Å²) in [7, 11) is 1.68. The van der Waals surface area contributed by atoms with Crippen molar-refractivity contribution in [2.24, 2.45) is 0 Å². The molecule has 0 radical (unpaired) electrons. The second kappa shape index (κ2) is 9.20. The molecule has 2 aromatic carbocycles. The molecule has 1 fully saturated rings. The molecule has 0 aliphatic carbocycles. The average molecular weight is 427 g/mol. The van der Waals surface area contributed by atoms with Gasteiger partial charge in [0.15, 0.2) is 0 Å². The standard InChI is InChI=1S/C25H26N6O/c1-32-22-11-9-21(10-12-22)23-18-26-25-27-19-28-31(25)24(23)30-16-14-29(15-17-30)13-5-8-20-6-3-2-4-7-20/h2-12,18-19H,13-17H2,1H3/b8-5+. The molecule has 162 valence electrons. The zero-order valence-electron chi connectivity index (χ0n) is 18.1. The molecular formula is C25H26N6O. The molecule has 32 heavy (non-hydrogen) atoms. The predicted octanol–water partition coefficient (Wildman–Crippen LogP) is 3.64. The lowest BCUT2D eigenvalue weighted by Crippen LogP contribution is -2.47. The highest BCUT2D eigenvalue weighted by atomic mass is 16.5. The van der Waals surface area contributed by atoms with Crippen molar-refractivity contribution in [3.63, 3.8) is 0 Å². The van der Waals surface area contributed by atoms with Gasteiger partial charge in [-0.2, -0.15) is 14.6 Å². The summed E-state index contributed by atoms with van der Waals surface area (Å²) in [6, 6.07) is 18.5. The van der Waals surface area contributed by atoms with Crippen molar-refractivity contribution >= 4 is 17.7 Å². The third kappa shape index (κ3) is 4.20. The van der Waals surface area contributed by atoms with E-state index in [9.17, 15) is 0 Å². The van der Waals surface area contributed by atoms with Crippen molar-refractivity contribution in [3.8, 4) is 16.9 Å². The van der Waals surface area contributed by atoms with Gasteiger partial charge >= 0.3 is 0 Å². The van der Waals surface area contributed by atoms with Gasteiger partial charge < -0.3 is 9.64 Å². The van der Waals surface area contributed by atoms with Crippen LogP contribution < -0.4 is 9.64 Å². The van der Waals surface area contributed by atoms with E-state index in [0.29, 0.717) is 5.78 Å². The van der Waals surface area contributed by atoms with Gasteiger partial charge in [0.2, 0.25) is 0 Å². The van der Waals surface area contributed by atoms with Crippen LogP contribution in [0.1, 0.15) is 5.56 Å². The van der Waals surface area contributed by atoms with Crippen molar-refractivity contribution in [2.45, 2.75) is 0 Å². The lowest BCUT2D eigenvalue weighted by atomic mass is 10.1. The molecule has 0 saturated carbocycles. The largest absolute Gasteiger partial charge is 0.497 e. The Morgan fingerprint density at radius 2 is 1.72 bits per heavy atom. The second-order valence-corrected chi connectivity index (χ2v) is 7.80. The SMILES string of the molecule is COc1ccc(-c2cnc3ncnn3c2N2CCN(C/C=C/c3ccccc3)CC2)cc1. The maximum absolute atomic E-state index is 5.32. The Hall–Kier alpha value is -3.71. The molecule has 3 heterocycles. The fourth-order valence-electron chi connectivity index (χ4n) is 4.09. The Labute approximate surface area is 187 Å². The topological polar surface area (TPSA) is 58.8 Å². The molecule has 0 atom stereocenters. The van der Waals surface area contributed by atoms with Gasteiger partial charge in [0.1, 0.15) is 17.9 Å². The van der Waals surface area contributed by atoms with Gasteiger partial charge in [0, 0.05) is 44.5 Å². The van der Waals surface area contributed by atoms with Crippen LogP contribution in [0.25, 0.3) is 23.0 Å². The first-order chi connectivity index (χ1) is 15.8. The van der Waals surface area contributed by atoms with Crippen molar-refractivity contribution in [2.75, 3.05) is 44.7 Å². The van der Waals surface area contributed by atoms with Crippen LogP contribution in [0.4, 0.5) is 5.82 Å². The van der Waals surface area contributed by atoms with E-state index in [4.69, 9.17) is 4.74 Å². The quantitative estimate of drug-likeness (QED) is 0.469. The smallest absolute Gasteiger partial charge is 0.254 e. The summed E-state index contributed by atoms with van der Waals surface area (Å²) in [5, 5.41) is 4.47. The van der Waals surface area contributed by atoms with Crippen LogP contribution in [0.3, 0.4) is 0 Å². The van der Waals surface area contributed by atoms with Crippen molar-refractivity contribution in [1.29, 1.82) is 0 Å².